The molecule has 4 aromatic rings. The van der Waals surface area contributed by atoms with Crippen LogP contribution in [-0.4, -0.2) is 49.6 Å². The molecule has 0 spiro atoms. The summed E-state index contributed by atoms with van der Waals surface area (Å²) in [7, 11) is -4.10. The fraction of sp³-hybridized carbons (Fsp3) is 0.364. The lowest BCUT2D eigenvalue weighted by Gasteiger charge is -2.29. The van der Waals surface area contributed by atoms with Gasteiger partial charge in [0.2, 0.25) is 21.8 Å². The molecule has 43 heavy (non-hydrogen) atoms. The molecule has 1 heterocycles. The van der Waals surface area contributed by atoms with E-state index >= 15 is 0 Å². The van der Waals surface area contributed by atoms with Gasteiger partial charge in [-0.25, -0.2) is 8.42 Å². The van der Waals surface area contributed by atoms with Crippen molar-refractivity contribution in [3.63, 3.8) is 0 Å². The van der Waals surface area contributed by atoms with Gasteiger partial charge in [-0.2, -0.15) is 4.72 Å². The van der Waals surface area contributed by atoms with Crippen LogP contribution in [0.3, 0.4) is 0 Å². The zero-order valence-electron chi connectivity index (χ0n) is 25.0. The minimum Gasteiger partial charge on any atom is -0.361 e. The molecule has 0 aliphatic heterocycles. The van der Waals surface area contributed by atoms with Gasteiger partial charge in [-0.15, -0.1) is 0 Å². The van der Waals surface area contributed by atoms with Crippen LogP contribution in [0.25, 0.3) is 21.7 Å². The number of amides is 2. The number of aldehydes is 1. The van der Waals surface area contributed by atoms with Gasteiger partial charge < -0.3 is 20.4 Å². The number of aromatic amines is 1. The molecule has 0 radical (unpaired) electrons. The number of sulfonamides is 1. The van der Waals surface area contributed by atoms with Crippen LogP contribution in [-0.2, 0) is 30.8 Å². The molecule has 4 rings (SSSR count). The van der Waals surface area contributed by atoms with Crippen LogP contribution in [0.5, 0.6) is 0 Å². The zero-order valence-corrected chi connectivity index (χ0v) is 25.8. The van der Waals surface area contributed by atoms with Crippen molar-refractivity contribution in [2.24, 2.45) is 11.8 Å². The van der Waals surface area contributed by atoms with Gasteiger partial charge in [0, 0.05) is 28.9 Å². The van der Waals surface area contributed by atoms with Crippen LogP contribution in [0, 0.1) is 11.8 Å². The van der Waals surface area contributed by atoms with Crippen molar-refractivity contribution in [3.05, 3.63) is 78.5 Å². The second-order valence-electron chi connectivity index (χ2n) is 11.1. The van der Waals surface area contributed by atoms with Gasteiger partial charge in [0.15, 0.2) is 0 Å². The Morgan fingerprint density at radius 2 is 1.42 bits per heavy atom. The number of para-hydroxylation sites is 1. The number of hydrogen-bond donors (Lipinski definition) is 4. The third-order valence-corrected chi connectivity index (χ3v) is 9.72. The van der Waals surface area contributed by atoms with Crippen LogP contribution in [0.15, 0.2) is 77.8 Å². The first-order valence-electron chi connectivity index (χ1n) is 14.7. The van der Waals surface area contributed by atoms with Crippen molar-refractivity contribution in [3.8, 4) is 0 Å². The molecular formula is C33H40N4O5S. The second kappa shape index (κ2) is 14.0. The monoisotopic (exact) mass is 604 g/mol. The standard InChI is InChI=1S/C33H40N4O5S/c1-5-21(3)30(32(39)35-25(20-38)18-24-19-34-28-16-10-9-14-26(24)28)36-33(40)31(22(4)6-2)37-43(41,42)29-17-11-13-23-12-7-8-15-27(23)29/h7-17,19-22,25,30-31,34,37H,5-6,18H2,1-4H3,(H,35,39)(H,36,40)/t21?,22?,25-,30-,31-/m0/s1. The van der Waals surface area contributed by atoms with Gasteiger partial charge in [0.25, 0.3) is 0 Å². The highest BCUT2D eigenvalue weighted by molar-refractivity contribution is 7.89. The van der Waals surface area contributed by atoms with Crippen LogP contribution in [0.2, 0.25) is 0 Å². The van der Waals surface area contributed by atoms with Gasteiger partial charge >= 0.3 is 0 Å². The molecule has 5 atom stereocenters. The van der Waals surface area contributed by atoms with E-state index in [9.17, 15) is 22.8 Å². The van der Waals surface area contributed by atoms with Crippen molar-refractivity contribution >= 4 is 49.8 Å². The van der Waals surface area contributed by atoms with Gasteiger partial charge in [0.05, 0.1) is 10.9 Å². The molecule has 10 heteroatoms. The van der Waals surface area contributed by atoms with Crippen molar-refractivity contribution in [2.45, 2.75) is 70.0 Å². The van der Waals surface area contributed by atoms with E-state index in [4.69, 9.17) is 0 Å². The molecule has 0 aliphatic rings. The summed E-state index contributed by atoms with van der Waals surface area (Å²) < 4.78 is 29.8. The van der Waals surface area contributed by atoms with Gasteiger partial charge in [-0.05, 0) is 34.9 Å². The van der Waals surface area contributed by atoms with E-state index in [2.05, 4.69) is 20.3 Å². The number of H-pyrrole nitrogens is 1. The smallest absolute Gasteiger partial charge is 0.243 e. The van der Waals surface area contributed by atoms with Gasteiger partial charge in [-0.3, -0.25) is 9.59 Å². The highest BCUT2D eigenvalue weighted by Gasteiger charge is 2.35. The average molecular weight is 605 g/mol. The van der Waals surface area contributed by atoms with Crippen LogP contribution < -0.4 is 15.4 Å². The van der Waals surface area contributed by atoms with E-state index in [0.717, 1.165) is 21.9 Å². The number of carbonyl (C=O) groups is 3. The maximum absolute atomic E-state index is 13.7. The average Bonchev–Trinajstić information content (AvgIpc) is 3.43. The minimum absolute atomic E-state index is 0.0778. The number of rotatable bonds is 14. The molecular weight excluding hydrogens is 564 g/mol. The lowest BCUT2D eigenvalue weighted by Crippen LogP contribution is -2.58. The molecule has 0 bridgehead atoms. The summed E-state index contributed by atoms with van der Waals surface area (Å²) in [4.78, 5) is 42.5. The first-order chi connectivity index (χ1) is 20.6. The fourth-order valence-electron chi connectivity index (χ4n) is 5.21. The Bertz CT molecular complexity index is 1690. The Hall–Kier alpha value is -4.02. The van der Waals surface area contributed by atoms with E-state index in [1.165, 1.54) is 6.07 Å². The van der Waals surface area contributed by atoms with Crippen LogP contribution in [0.4, 0.5) is 0 Å². The number of aromatic nitrogens is 1. The molecule has 0 saturated heterocycles. The van der Waals surface area contributed by atoms with E-state index in [1.807, 2.05) is 69.4 Å². The van der Waals surface area contributed by atoms with Crippen LogP contribution in [0.1, 0.15) is 46.1 Å². The summed E-state index contributed by atoms with van der Waals surface area (Å²) >= 11 is 0. The highest BCUT2D eigenvalue weighted by atomic mass is 32.2. The zero-order chi connectivity index (χ0) is 31.1. The molecule has 2 amide bonds. The molecule has 9 nitrogen and oxygen atoms in total. The second-order valence-corrected chi connectivity index (χ2v) is 12.8. The Morgan fingerprint density at radius 1 is 0.814 bits per heavy atom. The predicted molar refractivity (Wildman–Crippen MR) is 169 cm³/mol. The molecule has 228 valence electrons. The lowest BCUT2D eigenvalue weighted by molar-refractivity contribution is -0.132. The highest BCUT2D eigenvalue weighted by Crippen LogP contribution is 2.24. The quantitative estimate of drug-likeness (QED) is 0.157. The lowest BCUT2D eigenvalue weighted by atomic mass is 9.95. The summed E-state index contributed by atoms with van der Waals surface area (Å²) in [6, 6.07) is 16.9. The SMILES string of the molecule is CCC(C)[C@H](NC(=O)[C@@H](NS(=O)(=O)c1cccc2ccccc12)C(C)CC)C(=O)N[C@H](C=O)Cc1c[nH]c2ccccc12. The molecule has 3 aromatic carbocycles. The number of hydrogen-bond acceptors (Lipinski definition) is 5. The van der Waals surface area contributed by atoms with Crippen molar-refractivity contribution < 1.29 is 22.8 Å². The summed E-state index contributed by atoms with van der Waals surface area (Å²) in [6.07, 6.45) is 3.88. The number of benzene rings is 3. The maximum atomic E-state index is 13.7. The third-order valence-electron chi connectivity index (χ3n) is 8.22. The maximum Gasteiger partial charge on any atom is 0.243 e. The normalized spacial score (nSPS) is 15.3. The third kappa shape index (κ3) is 7.32. The Balaban J connectivity index is 1.54. The first-order valence-corrected chi connectivity index (χ1v) is 16.2. The number of fused-ring (bicyclic) bond motifs is 2. The Morgan fingerprint density at radius 3 is 2.12 bits per heavy atom. The van der Waals surface area contributed by atoms with Crippen LogP contribution >= 0.6 is 0 Å². The molecule has 0 saturated carbocycles. The summed E-state index contributed by atoms with van der Waals surface area (Å²) in [5.41, 5.74) is 1.82. The predicted octanol–water partition coefficient (Wildman–Crippen LogP) is 4.47. The van der Waals surface area contributed by atoms with Crippen molar-refractivity contribution in [2.75, 3.05) is 0 Å². The molecule has 2 unspecified atom stereocenters. The topological polar surface area (TPSA) is 137 Å². The molecule has 4 N–H and O–H groups in total. The summed E-state index contributed by atoms with van der Waals surface area (Å²) in [5, 5.41) is 7.88. The molecule has 0 fully saturated rings. The molecule has 1 aromatic heterocycles. The largest absolute Gasteiger partial charge is 0.361 e. The van der Waals surface area contributed by atoms with Gasteiger partial charge in [-0.1, -0.05) is 95.1 Å². The Labute approximate surface area is 252 Å². The van der Waals surface area contributed by atoms with Crippen molar-refractivity contribution in [1.29, 1.82) is 0 Å². The fourth-order valence-corrected chi connectivity index (χ4v) is 6.75. The number of nitrogens with one attached hydrogen (secondary N) is 4. The number of carbonyl (C=O) groups excluding carboxylic acids is 3. The molecule has 0 aliphatic carbocycles. The van der Waals surface area contributed by atoms with E-state index in [-0.39, 0.29) is 23.2 Å². The minimum atomic E-state index is -4.10. The van der Waals surface area contributed by atoms with E-state index in [1.54, 1.807) is 25.1 Å². The first kappa shape index (κ1) is 31.9. The van der Waals surface area contributed by atoms with Crippen molar-refractivity contribution in [1.82, 2.24) is 20.3 Å². The summed E-state index contributed by atoms with van der Waals surface area (Å²) in [5.74, 6) is -1.75. The van der Waals surface area contributed by atoms with E-state index in [0.29, 0.717) is 24.5 Å². The summed E-state index contributed by atoms with van der Waals surface area (Å²) in [6.45, 7) is 7.39. The van der Waals surface area contributed by atoms with E-state index < -0.39 is 40.0 Å². The van der Waals surface area contributed by atoms with Gasteiger partial charge in [0.1, 0.15) is 18.4 Å². The Kier molecular flexibility index (Phi) is 10.4.